The van der Waals surface area contributed by atoms with Gasteiger partial charge in [0, 0.05) is 30.4 Å². The largest absolute Gasteiger partial charge is 0.338 e. The third-order valence-electron chi connectivity index (χ3n) is 6.09. The first-order valence-electron chi connectivity index (χ1n) is 10.2. The van der Waals surface area contributed by atoms with Crippen LogP contribution in [0.3, 0.4) is 0 Å². The molecule has 0 spiro atoms. The van der Waals surface area contributed by atoms with Crippen molar-refractivity contribution in [3.05, 3.63) is 48.2 Å². The van der Waals surface area contributed by atoms with Crippen molar-refractivity contribution in [2.45, 2.75) is 39.2 Å². The maximum atomic E-state index is 5.54. The van der Waals surface area contributed by atoms with Crippen molar-refractivity contribution >= 4 is 0 Å². The van der Waals surface area contributed by atoms with E-state index in [-0.39, 0.29) is 0 Å². The lowest BCUT2D eigenvalue weighted by molar-refractivity contribution is 0.258. The third kappa shape index (κ3) is 3.56. The quantitative estimate of drug-likeness (QED) is 0.683. The van der Waals surface area contributed by atoms with Gasteiger partial charge in [-0.2, -0.15) is 4.98 Å². The molecule has 3 aromatic rings. The molecule has 2 aliphatic rings. The second kappa shape index (κ2) is 7.43. The van der Waals surface area contributed by atoms with Crippen LogP contribution >= 0.6 is 0 Å². The molecule has 1 saturated heterocycles. The van der Waals surface area contributed by atoms with Gasteiger partial charge in [0.2, 0.25) is 11.7 Å². The van der Waals surface area contributed by atoms with Gasteiger partial charge in [0.15, 0.2) is 0 Å². The van der Waals surface area contributed by atoms with E-state index in [9.17, 15) is 0 Å². The van der Waals surface area contributed by atoms with Gasteiger partial charge >= 0.3 is 0 Å². The molecule has 1 saturated carbocycles. The highest BCUT2D eigenvalue weighted by atomic mass is 16.5. The molecule has 2 atom stereocenters. The van der Waals surface area contributed by atoms with Crippen LogP contribution in [0.25, 0.3) is 22.6 Å². The highest BCUT2D eigenvalue weighted by molar-refractivity contribution is 5.64. The van der Waals surface area contributed by atoms with E-state index >= 15 is 0 Å². The zero-order valence-electron chi connectivity index (χ0n) is 16.2. The van der Waals surface area contributed by atoms with Gasteiger partial charge in [-0.25, -0.2) is 9.97 Å². The predicted molar refractivity (Wildman–Crippen MR) is 106 cm³/mol. The highest BCUT2D eigenvalue weighted by Crippen LogP contribution is 2.36. The molecule has 144 valence electrons. The average molecular weight is 375 g/mol. The minimum Gasteiger partial charge on any atom is -0.338 e. The number of nitrogens with zero attached hydrogens (tertiary/aromatic N) is 5. The Bertz CT molecular complexity index is 938. The number of likely N-dealkylation sites (tertiary alicyclic amines) is 1. The van der Waals surface area contributed by atoms with Crippen molar-refractivity contribution in [1.29, 1.82) is 0 Å². The molecule has 0 amide bonds. The Balaban J connectivity index is 1.27. The van der Waals surface area contributed by atoms with Crippen LogP contribution in [0.1, 0.15) is 37.4 Å². The van der Waals surface area contributed by atoms with E-state index in [1.165, 1.54) is 38.8 Å². The first-order valence-corrected chi connectivity index (χ1v) is 10.2. The first kappa shape index (κ1) is 17.5. The summed E-state index contributed by atoms with van der Waals surface area (Å²) in [6.07, 6.45) is 7.34. The fourth-order valence-electron chi connectivity index (χ4n) is 4.67. The predicted octanol–water partition coefficient (Wildman–Crippen LogP) is 4.12. The number of hydrogen-bond acceptors (Lipinski definition) is 6. The summed E-state index contributed by atoms with van der Waals surface area (Å²) in [5, 5.41) is 4.20. The van der Waals surface area contributed by atoms with E-state index in [1.54, 1.807) is 6.20 Å². The molecule has 3 heterocycles. The molecule has 6 nitrogen and oxygen atoms in total. The number of benzene rings is 1. The summed E-state index contributed by atoms with van der Waals surface area (Å²) in [6, 6.07) is 10.0. The van der Waals surface area contributed by atoms with E-state index in [2.05, 4.69) is 25.0 Å². The molecule has 1 aromatic carbocycles. The molecule has 28 heavy (non-hydrogen) atoms. The number of rotatable bonds is 4. The fraction of sp³-hybridized carbons (Fsp3) is 0.455. The van der Waals surface area contributed by atoms with Crippen molar-refractivity contribution in [3.8, 4) is 22.6 Å². The Morgan fingerprint density at radius 1 is 0.964 bits per heavy atom. The van der Waals surface area contributed by atoms with Crippen molar-refractivity contribution in [1.82, 2.24) is 25.0 Å². The molecular weight excluding hydrogens is 350 g/mol. The van der Waals surface area contributed by atoms with Crippen molar-refractivity contribution < 1.29 is 4.52 Å². The summed E-state index contributed by atoms with van der Waals surface area (Å²) in [5.41, 5.74) is 2.93. The maximum Gasteiger partial charge on any atom is 0.241 e. The molecular formula is C22H25N5O. The molecule has 1 aliphatic heterocycles. The van der Waals surface area contributed by atoms with Gasteiger partial charge in [0.05, 0.1) is 12.2 Å². The Morgan fingerprint density at radius 2 is 1.68 bits per heavy atom. The lowest BCUT2D eigenvalue weighted by Crippen LogP contribution is -2.20. The number of aromatic nitrogens is 4. The van der Waals surface area contributed by atoms with Crippen molar-refractivity contribution in [2.24, 2.45) is 11.8 Å². The van der Waals surface area contributed by atoms with Gasteiger partial charge in [-0.3, -0.25) is 4.90 Å². The molecule has 2 aromatic heterocycles. The summed E-state index contributed by atoms with van der Waals surface area (Å²) in [5.74, 6) is 3.87. The summed E-state index contributed by atoms with van der Waals surface area (Å²) < 4.78 is 5.54. The fourth-order valence-corrected chi connectivity index (χ4v) is 4.67. The summed E-state index contributed by atoms with van der Waals surface area (Å²) >= 11 is 0. The summed E-state index contributed by atoms with van der Waals surface area (Å²) in [6.45, 7) is 5.01. The van der Waals surface area contributed by atoms with Crippen LogP contribution in [-0.4, -0.2) is 38.1 Å². The van der Waals surface area contributed by atoms with Gasteiger partial charge in [0.1, 0.15) is 5.82 Å². The van der Waals surface area contributed by atoms with E-state index < -0.39 is 0 Å². The van der Waals surface area contributed by atoms with E-state index in [1.807, 2.05) is 37.3 Å². The van der Waals surface area contributed by atoms with Gasteiger partial charge in [-0.05, 0) is 37.7 Å². The second-order valence-electron chi connectivity index (χ2n) is 8.08. The van der Waals surface area contributed by atoms with Gasteiger partial charge in [0.25, 0.3) is 0 Å². The van der Waals surface area contributed by atoms with Crippen LogP contribution in [0.5, 0.6) is 0 Å². The van der Waals surface area contributed by atoms with Crippen LogP contribution in [-0.2, 0) is 6.54 Å². The Kier molecular flexibility index (Phi) is 4.64. The number of fused-ring (bicyclic) bond motifs is 1. The molecule has 5 rings (SSSR count). The molecule has 0 radical (unpaired) electrons. The minimum absolute atomic E-state index is 0.650. The van der Waals surface area contributed by atoms with E-state index in [0.717, 1.165) is 41.0 Å². The standard InChI is InChI=1S/C22H25N5O/c1-15-23-11-10-20(24-15)16-6-8-17(9-7-16)22-25-21(28-26-22)14-27-12-18-4-2-3-5-19(18)13-27/h6-11,18-19H,2-5,12-14H2,1H3/t18-,19-/m0/s1. The van der Waals surface area contributed by atoms with Crippen molar-refractivity contribution in [2.75, 3.05) is 13.1 Å². The monoisotopic (exact) mass is 375 g/mol. The van der Waals surface area contributed by atoms with Gasteiger partial charge in [-0.1, -0.05) is 42.3 Å². The van der Waals surface area contributed by atoms with Crippen LogP contribution in [0.15, 0.2) is 41.1 Å². The van der Waals surface area contributed by atoms with Crippen LogP contribution in [0, 0.1) is 18.8 Å². The van der Waals surface area contributed by atoms with Gasteiger partial charge < -0.3 is 4.52 Å². The third-order valence-corrected chi connectivity index (χ3v) is 6.09. The number of aryl methyl sites for hydroxylation is 1. The molecule has 0 bridgehead atoms. The summed E-state index contributed by atoms with van der Waals surface area (Å²) in [7, 11) is 0. The molecule has 0 unspecified atom stereocenters. The first-order chi connectivity index (χ1) is 13.7. The van der Waals surface area contributed by atoms with Crippen LogP contribution in [0.2, 0.25) is 0 Å². The highest BCUT2D eigenvalue weighted by Gasteiger charge is 2.34. The second-order valence-corrected chi connectivity index (χ2v) is 8.08. The lowest BCUT2D eigenvalue weighted by atomic mass is 9.82. The van der Waals surface area contributed by atoms with Crippen LogP contribution < -0.4 is 0 Å². The molecule has 0 N–H and O–H groups in total. The molecule has 2 fully saturated rings. The van der Waals surface area contributed by atoms with Gasteiger partial charge in [-0.15, -0.1) is 0 Å². The van der Waals surface area contributed by atoms with E-state index in [0.29, 0.717) is 11.7 Å². The normalized spacial score (nSPS) is 22.3. The number of hydrogen-bond donors (Lipinski definition) is 0. The molecule has 1 aliphatic carbocycles. The van der Waals surface area contributed by atoms with Crippen molar-refractivity contribution in [3.63, 3.8) is 0 Å². The minimum atomic E-state index is 0.650. The van der Waals surface area contributed by atoms with E-state index in [4.69, 9.17) is 4.52 Å². The Labute approximate surface area is 165 Å². The maximum absolute atomic E-state index is 5.54. The average Bonchev–Trinajstić information content (AvgIpc) is 3.35. The SMILES string of the molecule is Cc1nccc(-c2ccc(-c3noc(CN4C[C@@H]5CCCC[C@H]5C4)n3)cc2)n1. The Morgan fingerprint density at radius 3 is 2.39 bits per heavy atom. The zero-order chi connectivity index (χ0) is 18.9. The zero-order valence-corrected chi connectivity index (χ0v) is 16.2. The topological polar surface area (TPSA) is 67.9 Å². The smallest absolute Gasteiger partial charge is 0.241 e. The Hall–Kier alpha value is -2.60. The lowest BCUT2D eigenvalue weighted by Gasteiger charge is -2.23. The molecule has 6 heteroatoms. The van der Waals surface area contributed by atoms with Crippen LogP contribution in [0.4, 0.5) is 0 Å². The summed E-state index contributed by atoms with van der Waals surface area (Å²) in [4.78, 5) is 15.7.